The first-order valence-electron chi connectivity index (χ1n) is 7.00. The molecule has 0 bridgehead atoms. The van der Waals surface area contributed by atoms with Gasteiger partial charge in [0.05, 0.1) is 16.8 Å². The highest BCUT2D eigenvalue weighted by molar-refractivity contribution is 7.99. The predicted octanol–water partition coefficient (Wildman–Crippen LogP) is 3.39. The Kier molecular flexibility index (Phi) is 4.75. The maximum absolute atomic E-state index is 13.1. The number of nitrogens with zero attached hydrogens (tertiary/aromatic N) is 1. The highest BCUT2D eigenvalue weighted by Gasteiger charge is 2.10. The number of thioether (sulfide) groups is 1. The van der Waals surface area contributed by atoms with Crippen LogP contribution in [0.3, 0.4) is 0 Å². The van der Waals surface area contributed by atoms with Gasteiger partial charge in [0, 0.05) is 18.7 Å². The molecule has 0 spiro atoms. The van der Waals surface area contributed by atoms with E-state index in [1.54, 1.807) is 12.1 Å². The summed E-state index contributed by atoms with van der Waals surface area (Å²) in [5, 5.41) is 3.09. The number of carbonyl (C=O) groups excluding carboxylic acids is 1. The van der Waals surface area contributed by atoms with E-state index in [0.717, 1.165) is 29.5 Å². The molecule has 2 N–H and O–H groups in total. The summed E-state index contributed by atoms with van der Waals surface area (Å²) in [6.45, 7) is 0.288. The van der Waals surface area contributed by atoms with Crippen molar-refractivity contribution in [2.45, 2.75) is 11.7 Å². The molecule has 2 aromatic carbocycles. The van der Waals surface area contributed by atoms with Gasteiger partial charge in [-0.05, 0) is 17.7 Å². The number of nitrogens with one attached hydrogen (secondary N) is 2. The van der Waals surface area contributed by atoms with Gasteiger partial charge in [-0.2, -0.15) is 0 Å². The van der Waals surface area contributed by atoms with Crippen molar-refractivity contribution >= 4 is 28.7 Å². The minimum absolute atomic E-state index is 0.0893. The number of carbonyl (C=O) groups is 1. The van der Waals surface area contributed by atoms with E-state index in [1.165, 1.54) is 12.1 Å². The van der Waals surface area contributed by atoms with E-state index in [1.807, 2.05) is 0 Å². The van der Waals surface area contributed by atoms with Crippen molar-refractivity contribution in [3.63, 3.8) is 0 Å². The number of aromatic nitrogens is 2. The Bertz CT molecular complexity index is 841. The van der Waals surface area contributed by atoms with Crippen LogP contribution in [0.5, 0.6) is 0 Å². The number of H-pyrrole nitrogens is 1. The summed E-state index contributed by atoms with van der Waals surface area (Å²) in [5.74, 6) is -2.41. The fourth-order valence-electron chi connectivity index (χ4n) is 2.04. The third kappa shape index (κ3) is 3.88. The number of hydrogen-bond donors (Lipinski definition) is 2. The van der Waals surface area contributed by atoms with E-state index in [9.17, 15) is 18.0 Å². The van der Waals surface area contributed by atoms with E-state index < -0.39 is 11.6 Å². The lowest BCUT2D eigenvalue weighted by Crippen LogP contribution is -2.24. The number of halogens is 3. The fraction of sp³-hybridized carbons (Fsp3) is 0.125. The standard InChI is InChI=1S/C16H12F3N3OS/c17-10-3-1-9(2-4-10)7-20-15(23)8-24-16-21-13-5-11(18)12(19)6-14(13)22-16/h1-6H,7-8H2,(H,20,23)(H,21,22). The van der Waals surface area contributed by atoms with Crippen LogP contribution in [-0.2, 0) is 11.3 Å². The lowest BCUT2D eigenvalue weighted by Gasteiger charge is -2.04. The van der Waals surface area contributed by atoms with Gasteiger partial charge in [-0.1, -0.05) is 23.9 Å². The van der Waals surface area contributed by atoms with E-state index in [4.69, 9.17) is 0 Å². The Morgan fingerprint density at radius 2 is 1.83 bits per heavy atom. The molecule has 8 heteroatoms. The first-order valence-corrected chi connectivity index (χ1v) is 7.98. The number of hydrogen-bond acceptors (Lipinski definition) is 3. The molecule has 1 aromatic heterocycles. The molecule has 0 unspecified atom stereocenters. The van der Waals surface area contributed by atoms with Crippen molar-refractivity contribution in [1.82, 2.24) is 15.3 Å². The Labute approximate surface area is 139 Å². The van der Waals surface area contributed by atoms with Crippen LogP contribution in [0.2, 0.25) is 0 Å². The number of benzene rings is 2. The van der Waals surface area contributed by atoms with Gasteiger partial charge in [0.1, 0.15) is 5.82 Å². The van der Waals surface area contributed by atoms with Gasteiger partial charge in [0.25, 0.3) is 0 Å². The van der Waals surface area contributed by atoms with Crippen LogP contribution in [0.15, 0.2) is 41.6 Å². The minimum Gasteiger partial charge on any atom is -0.351 e. The predicted molar refractivity (Wildman–Crippen MR) is 85.0 cm³/mol. The van der Waals surface area contributed by atoms with Crippen LogP contribution in [0.4, 0.5) is 13.2 Å². The first-order chi connectivity index (χ1) is 11.5. The molecule has 0 aliphatic heterocycles. The summed E-state index contributed by atoms with van der Waals surface area (Å²) in [7, 11) is 0. The van der Waals surface area contributed by atoms with Crippen LogP contribution in [0, 0.1) is 17.5 Å². The second-order valence-corrected chi connectivity index (χ2v) is 5.98. The van der Waals surface area contributed by atoms with Crippen molar-refractivity contribution in [2.75, 3.05) is 5.75 Å². The molecule has 0 atom stereocenters. The fourth-order valence-corrected chi connectivity index (χ4v) is 2.75. The number of aromatic amines is 1. The lowest BCUT2D eigenvalue weighted by atomic mass is 10.2. The normalized spacial score (nSPS) is 11.0. The molecule has 0 saturated carbocycles. The molecule has 24 heavy (non-hydrogen) atoms. The van der Waals surface area contributed by atoms with Crippen LogP contribution >= 0.6 is 11.8 Å². The van der Waals surface area contributed by atoms with Crippen molar-refractivity contribution in [3.8, 4) is 0 Å². The van der Waals surface area contributed by atoms with Gasteiger partial charge in [-0.25, -0.2) is 18.2 Å². The largest absolute Gasteiger partial charge is 0.351 e. The Morgan fingerprint density at radius 3 is 2.58 bits per heavy atom. The van der Waals surface area contributed by atoms with E-state index >= 15 is 0 Å². The van der Waals surface area contributed by atoms with Gasteiger partial charge in [0.15, 0.2) is 16.8 Å². The number of amides is 1. The molecule has 3 rings (SSSR count). The van der Waals surface area contributed by atoms with Crippen molar-refractivity contribution < 1.29 is 18.0 Å². The first kappa shape index (κ1) is 16.4. The SMILES string of the molecule is O=C(CSc1nc2cc(F)c(F)cc2[nH]1)NCc1ccc(F)cc1. The van der Waals surface area contributed by atoms with Gasteiger partial charge in [0.2, 0.25) is 5.91 Å². The van der Waals surface area contributed by atoms with Crippen LogP contribution in [0.25, 0.3) is 11.0 Å². The second-order valence-electron chi connectivity index (χ2n) is 5.02. The zero-order valence-electron chi connectivity index (χ0n) is 12.3. The molecular weight excluding hydrogens is 339 g/mol. The van der Waals surface area contributed by atoms with Crippen molar-refractivity contribution in [1.29, 1.82) is 0 Å². The molecule has 124 valence electrons. The second kappa shape index (κ2) is 6.96. The maximum Gasteiger partial charge on any atom is 0.230 e. The van der Waals surface area contributed by atoms with E-state index in [-0.39, 0.29) is 24.0 Å². The zero-order valence-corrected chi connectivity index (χ0v) is 13.1. The van der Waals surface area contributed by atoms with Gasteiger partial charge in [-0.3, -0.25) is 4.79 Å². The van der Waals surface area contributed by atoms with Gasteiger partial charge in [-0.15, -0.1) is 0 Å². The Balaban J connectivity index is 1.55. The lowest BCUT2D eigenvalue weighted by molar-refractivity contribution is -0.118. The molecule has 0 radical (unpaired) electrons. The number of fused-ring (bicyclic) bond motifs is 1. The average molecular weight is 351 g/mol. The molecule has 0 fully saturated rings. The van der Waals surface area contributed by atoms with E-state index in [0.29, 0.717) is 16.2 Å². The number of imidazole rings is 1. The van der Waals surface area contributed by atoms with Gasteiger partial charge < -0.3 is 10.3 Å². The molecule has 1 heterocycles. The van der Waals surface area contributed by atoms with Gasteiger partial charge >= 0.3 is 0 Å². The number of rotatable bonds is 5. The zero-order chi connectivity index (χ0) is 17.1. The topological polar surface area (TPSA) is 57.8 Å². The third-order valence-electron chi connectivity index (χ3n) is 3.25. The summed E-state index contributed by atoms with van der Waals surface area (Å²) in [6.07, 6.45) is 0. The third-order valence-corrected chi connectivity index (χ3v) is 4.12. The molecule has 4 nitrogen and oxygen atoms in total. The van der Waals surface area contributed by atoms with Crippen LogP contribution in [-0.4, -0.2) is 21.6 Å². The molecule has 3 aromatic rings. The van der Waals surface area contributed by atoms with Crippen molar-refractivity contribution in [2.24, 2.45) is 0 Å². The Morgan fingerprint density at radius 1 is 1.12 bits per heavy atom. The van der Waals surface area contributed by atoms with Crippen molar-refractivity contribution in [3.05, 3.63) is 59.4 Å². The summed E-state index contributed by atoms with van der Waals surface area (Å²) in [6, 6.07) is 7.85. The molecule has 0 aliphatic carbocycles. The quantitative estimate of drug-likeness (QED) is 0.693. The maximum atomic E-state index is 13.1. The summed E-state index contributed by atoms with van der Waals surface area (Å²) in [5.41, 5.74) is 1.44. The Hall–Kier alpha value is -2.48. The monoisotopic (exact) mass is 351 g/mol. The smallest absolute Gasteiger partial charge is 0.230 e. The minimum atomic E-state index is -0.970. The highest BCUT2D eigenvalue weighted by Crippen LogP contribution is 2.21. The summed E-state index contributed by atoms with van der Waals surface area (Å²) >= 11 is 1.12. The van der Waals surface area contributed by atoms with E-state index in [2.05, 4.69) is 15.3 Å². The molecule has 1 amide bonds. The molecule has 0 aliphatic rings. The summed E-state index contributed by atoms with van der Waals surface area (Å²) in [4.78, 5) is 18.7. The molecular formula is C16H12F3N3OS. The average Bonchev–Trinajstić information content (AvgIpc) is 2.94. The summed E-state index contributed by atoms with van der Waals surface area (Å²) < 4.78 is 39.1. The molecule has 0 saturated heterocycles. The van der Waals surface area contributed by atoms with Crippen LogP contribution < -0.4 is 5.32 Å². The van der Waals surface area contributed by atoms with Crippen LogP contribution in [0.1, 0.15) is 5.56 Å². The highest BCUT2D eigenvalue weighted by atomic mass is 32.2.